The largest absolute Gasteiger partial charge is 0.465 e. The van der Waals surface area contributed by atoms with Crippen LogP contribution >= 0.6 is 15.9 Å². The molecule has 1 saturated carbocycles. The van der Waals surface area contributed by atoms with Gasteiger partial charge in [0.1, 0.15) is 5.78 Å². The minimum Gasteiger partial charge on any atom is -0.465 e. The van der Waals surface area contributed by atoms with Gasteiger partial charge in [-0.15, -0.1) is 0 Å². The Morgan fingerprint density at radius 1 is 1.37 bits per heavy atom. The molecule has 0 atom stereocenters. The van der Waals surface area contributed by atoms with E-state index in [0.717, 1.165) is 18.6 Å². The second-order valence-electron chi connectivity index (χ2n) is 4.38. The minimum atomic E-state index is -0.409. The van der Waals surface area contributed by atoms with Crippen molar-refractivity contribution in [2.75, 3.05) is 7.11 Å². The average Bonchev–Trinajstić information content (AvgIpc) is 2.40. The van der Waals surface area contributed by atoms with E-state index in [2.05, 4.69) is 20.9 Å². The van der Waals surface area contributed by atoms with Gasteiger partial charge in [0.2, 0.25) is 0 Å². The van der Waals surface area contributed by atoms with Crippen LogP contribution in [0.1, 0.15) is 36.0 Å². The van der Waals surface area contributed by atoms with E-state index in [9.17, 15) is 9.59 Å². The number of esters is 1. The third-order valence-corrected chi connectivity index (χ3v) is 3.82. The van der Waals surface area contributed by atoms with Gasteiger partial charge < -0.3 is 4.74 Å². The second-order valence-corrected chi connectivity index (χ2v) is 5.17. The molecular weight excluding hydrogens is 310 g/mol. The van der Waals surface area contributed by atoms with Gasteiger partial charge in [-0.2, -0.15) is 0 Å². The maximum Gasteiger partial charge on any atom is 0.339 e. The van der Waals surface area contributed by atoms with Crippen LogP contribution in [0.25, 0.3) is 0 Å². The van der Waals surface area contributed by atoms with Gasteiger partial charge in [-0.05, 0) is 40.9 Å². The monoisotopic (exact) mass is 323 g/mol. The summed E-state index contributed by atoms with van der Waals surface area (Å²) in [7, 11) is 1.34. The van der Waals surface area contributed by atoms with Gasteiger partial charge in [0.15, 0.2) is 0 Å². The highest BCUT2D eigenvalue weighted by Gasteiger charge is 2.17. The van der Waals surface area contributed by atoms with Crippen molar-refractivity contribution in [3.05, 3.63) is 28.2 Å². The number of nitrogens with zero attached hydrogens (tertiary/aromatic N) is 1. The van der Waals surface area contributed by atoms with E-state index in [4.69, 9.17) is 4.74 Å². The van der Waals surface area contributed by atoms with Crippen LogP contribution in [0.2, 0.25) is 0 Å². The van der Waals surface area contributed by atoms with Gasteiger partial charge >= 0.3 is 5.97 Å². The van der Waals surface area contributed by atoms with Crippen LogP contribution in [0.15, 0.2) is 27.7 Å². The zero-order chi connectivity index (χ0) is 13.8. The van der Waals surface area contributed by atoms with Crippen LogP contribution in [0.4, 0.5) is 5.69 Å². The lowest BCUT2D eigenvalue weighted by molar-refractivity contribution is -0.118. The number of rotatable bonds is 2. The molecule has 1 fully saturated rings. The van der Waals surface area contributed by atoms with Crippen molar-refractivity contribution in [1.29, 1.82) is 0 Å². The predicted octanol–water partition coefficient (Wildman–Crippen LogP) is 3.45. The van der Waals surface area contributed by atoms with Crippen molar-refractivity contribution in [1.82, 2.24) is 0 Å². The smallest absolute Gasteiger partial charge is 0.339 e. The number of Topliss-reactive ketones (excluding diaryl/α,β-unsaturated/α-hetero) is 1. The summed E-state index contributed by atoms with van der Waals surface area (Å²) in [5, 5.41) is 0. The normalized spacial score (nSPS) is 17.6. The molecular formula is C14H14BrNO3. The molecule has 0 unspecified atom stereocenters. The summed E-state index contributed by atoms with van der Waals surface area (Å²) in [6, 6.07) is 5.23. The molecule has 1 aromatic carbocycles. The molecule has 0 aromatic heterocycles. The Labute approximate surface area is 120 Å². The first-order valence-electron chi connectivity index (χ1n) is 6.07. The van der Waals surface area contributed by atoms with Crippen LogP contribution in [0.5, 0.6) is 0 Å². The third-order valence-electron chi connectivity index (χ3n) is 2.98. The number of aliphatic imine (C=N–C) groups is 1. The van der Waals surface area contributed by atoms with Crippen LogP contribution in [-0.4, -0.2) is 24.6 Å². The van der Waals surface area contributed by atoms with Crippen molar-refractivity contribution in [3.63, 3.8) is 0 Å². The van der Waals surface area contributed by atoms with Gasteiger partial charge in [-0.3, -0.25) is 9.79 Å². The van der Waals surface area contributed by atoms with Gasteiger partial charge in [0, 0.05) is 18.6 Å². The summed E-state index contributed by atoms with van der Waals surface area (Å²) < 4.78 is 5.31. The summed E-state index contributed by atoms with van der Waals surface area (Å²) in [5.41, 5.74) is 1.97. The zero-order valence-electron chi connectivity index (χ0n) is 10.6. The lowest BCUT2D eigenvalue weighted by atomic mass is 9.97. The highest BCUT2D eigenvalue weighted by Crippen LogP contribution is 2.30. The second kappa shape index (κ2) is 6.10. The van der Waals surface area contributed by atoms with Crippen LogP contribution in [0, 0.1) is 0 Å². The standard InChI is InChI=1S/C14H14BrNO3/c1-19-14(18)11-6-3-7-12(13(11)15)16-9-4-2-5-10(17)8-9/h3,6-7H,2,4-5,8H2,1H3. The first-order valence-corrected chi connectivity index (χ1v) is 6.86. The van der Waals surface area contributed by atoms with Gasteiger partial charge in [0.25, 0.3) is 0 Å². The van der Waals surface area contributed by atoms with Gasteiger partial charge in [-0.25, -0.2) is 4.79 Å². The van der Waals surface area contributed by atoms with E-state index in [1.165, 1.54) is 7.11 Å². The van der Waals surface area contributed by atoms with E-state index in [1.807, 2.05) is 6.07 Å². The highest BCUT2D eigenvalue weighted by atomic mass is 79.9. The molecule has 0 bridgehead atoms. The Morgan fingerprint density at radius 3 is 2.84 bits per heavy atom. The van der Waals surface area contributed by atoms with E-state index in [0.29, 0.717) is 28.6 Å². The van der Waals surface area contributed by atoms with Crippen molar-refractivity contribution >= 4 is 39.1 Å². The Balaban J connectivity index is 2.32. The maximum absolute atomic E-state index is 11.6. The lowest BCUT2D eigenvalue weighted by Crippen LogP contribution is -2.14. The first kappa shape index (κ1) is 13.9. The molecule has 1 aliphatic carbocycles. The summed E-state index contributed by atoms with van der Waals surface area (Å²) >= 11 is 3.37. The number of methoxy groups -OCH3 is 1. The van der Waals surface area contributed by atoms with E-state index in [1.54, 1.807) is 12.1 Å². The molecule has 0 spiro atoms. The molecule has 0 amide bonds. The quantitative estimate of drug-likeness (QED) is 0.783. The predicted molar refractivity (Wildman–Crippen MR) is 76.1 cm³/mol. The number of halogens is 1. The van der Waals surface area contributed by atoms with Gasteiger partial charge in [-0.1, -0.05) is 6.07 Å². The van der Waals surface area contributed by atoms with Crippen molar-refractivity contribution in [2.24, 2.45) is 4.99 Å². The van der Waals surface area contributed by atoms with Crippen molar-refractivity contribution in [3.8, 4) is 0 Å². The molecule has 0 radical (unpaired) electrons. The number of hydrogen-bond donors (Lipinski definition) is 0. The SMILES string of the molecule is COC(=O)c1cccc(N=C2CCCC(=O)C2)c1Br. The molecule has 1 aliphatic rings. The Bertz CT molecular complexity index is 552. The maximum atomic E-state index is 11.6. The lowest BCUT2D eigenvalue weighted by Gasteiger charge is -2.12. The highest BCUT2D eigenvalue weighted by molar-refractivity contribution is 9.10. The molecule has 4 nitrogen and oxygen atoms in total. The molecule has 0 saturated heterocycles. The van der Waals surface area contributed by atoms with Gasteiger partial charge in [0.05, 0.1) is 22.8 Å². The minimum absolute atomic E-state index is 0.227. The molecule has 0 N–H and O–H groups in total. The number of benzene rings is 1. The topological polar surface area (TPSA) is 55.7 Å². The third kappa shape index (κ3) is 3.29. The Hall–Kier alpha value is -1.49. The number of hydrogen-bond acceptors (Lipinski definition) is 4. The number of carbonyl (C=O) groups excluding carboxylic acids is 2. The summed E-state index contributed by atoms with van der Waals surface area (Å²) in [6.07, 6.45) is 2.74. The Morgan fingerprint density at radius 2 is 2.16 bits per heavy atom. The molecule has 0 heterocycles. The molecule has 5 heteroatoms. The molecule has 2 rings (SSSR count). The number of ether oxygens (including phenoxy) is 1. The Kier molecular flexibility index (Phi) is 4.47. The van der Waals surface area contributed by atoms with Crippen molar-refractivity contribution in [2.45, 2.75) is 25.7 Å². The van der Waals surface area contributed by atoms with E-state index in [-0.39, 0.29) is 5.78 Å². The van der Waals surface area contributed by atoms with Crippen LogP contribution in [0.3, 0.4) is 0 Å². The number of ketones is 1. The molecule has 1 aromatic rings. The van der Waals surface area contributed by atoms with E-state index < -0.39 is 5.97 Å². The average molecular weight is 324 g/mol. The summed E-state index contributed by atoms with van der Waals surface area (Å²) in [5.74, 6) is -0.182. The van der Waals surface area contributed by atoms with Crippen LogP contribution in [-0.2, 0) is 9.53 Å². The fourth-order valence-corrected chi connectivity index (χ4v) is 2.55. The summed E-state index contributed by atoms with van der Waals surface area (Å²) in [6.45, 7) is 0. The van der Waals surface area contributed by atoms with E-state index >= 15 is 0 Å². The van der Waals surface area contributed by atoms with Crippen LogP contribution < -0.4 is 0 Å². The molecule has 0 aliphatic heterocycles. The molecule has 19 heavy (non-hydrogen) atoms. The number of carbonyl (C=O) groups is 2. The fraction of sp³-hybridized carbons (Fsp3) is 0.357. The molecule has 100 valence electrons. The van der Waals surface area contributed by atoms with Crippen molar-refractivity contribution < 1.29 is 14.3 Å². The zero-order valence-corrected chi connectivity index (χ0v) is 12.2. The summed E-state index contributed by atoms with van der Waals surface area (Å²) in [4.78, 5) is 27.5. The first-order chi connectivity index (χ1) is 9.11. The fourth-order valence-electron chi connectivity index (χ4n) is 2.03.